The van der Waals surface area contributed by atoms with Crippen LogP contribution < -0.4 is 0 Å². The molecule has 0 spiro atoms. The largest absolute Gasteiger partial charge is 0.193 e. The molecule has 3 atom stereocenters. The van der Waals surface area contributed by atoms with Crippen molar-refractivity contribution in [3.05, 3.63) is 24.5 Å². The fourth-order valence-electron chi connectivity index (χ4n) is 1.47. The number of hydrogen-bond acceptors (Lipinski definition) is 1. The Bertz CT molecular complexity index is 295. The summed E-state index contributed by atoms with van der Waals surface area (Å²) in [5.74, 6) is 4.92. The maximum atomic E-state index is 8.99. The molecular formula is C10H14NP. The summed E-state index contributed by atoms with van der Waals surface area (Å²) >= 11 is 0. The van der Waals surface area contributed by atoms with E-state index in [0.29, 0.717) is 11.6 Å². The molecule has 1 aliphatic carbocycles. The third-order valence-electron chi connectivity index (χ3n) is 2.30. The summed E-state index contributed by atoms with van der Waals surface area (Å²) < 4.78 is 0. The second-order valence-corrected chi connectivity index (χ2v) is 6.24. The first-order chi connectivity index (χ1) is 5.68. The van der Waals surface area contributed by atoms with Crippen LogP contribution in [0.25, 0.3) is 0 Å². The average molecular weight is 179 g/mol. The van der Waals surface area contributed by atoms with Gasteiger partial charge < -0.3 is 0 Å². The van der Waals surface area contributed by atoms with Gasteiger partial charge in [-0.2, -0.15) is 5.26 Å². The van der Waals surface area contributed by atoms with Gasteiger partial charge >= 0.3 is 0 Å². The molecule has 1 rings (SSSR count). The van der Waals surface area contributed by atoms with Crippen LogP contribution in [0.15, 0.2) is 24.5 Å². The molecule has 3 unspecified atom stereocenters. The zero-order chi connectivity index (χ0) is 9.19. The van der Waals surface area contributed by atoms with Crippen molar-refractivity contribution in [1.29, 1.82) is 5.26 Å². The predicted molar refractivity (Wildman–Crippen MR) is 56.6 cm³/mol. The Morgan fingerprint density at radius 2 is 2.33 bits per heavy atom. The van der Waals surface area contributed by atoms with Gasteiger partial charge in [0.05, 0.1) is 5.81 Å². The number of hydrogen-bond donors (Lipinski definition) is 0. The Morgan fingerprint density at radius 1 is 1.67 bits per heavy atom. The van der Waals surface area contributed by atoms with Gasteiger partial charge in [0.2, 0.25) is 0 Å². The van der Waals surface area contributed by atoms with E-state index in [9.17, 15) is 0 Å². The van der Waals surface area contributed by atoms with Gasteiger partial charge in [-0.05, 0) is 19.3 Å². The molecule has 2 heteroatoms. The van der Waals surface area contributed by atoms with Crippen molar-refractivity contribution in [3.8, 4) is 5.81 Å². The highest BCUT2D eigenvalue weighted by Crippen LogP contribution is 2.63. The van der Waals surface area contributed by atoms with Crippen LogP contribution in [0.1, 0.15) is 13.3 Å². The van der Waals surface area contributed by atoms with E-state index >= 15 is 0 Å². The van der Waals surface area contributed by atoms with Crippen LogP contribution in [-0.2, 0) is 0 Å². The van der Waals surface area contributed by atoms with Crippen LogP contribution >= 0.6 is 6.89 Å². The summed E-state index contributed by atoms with van der Waals surface area (Å²) in [6.07, 6.45) is 9.06. The summed E-state index contributed by atoms with van der Waals surface area (Å²) in [5, 5.41) is 8.99. The lowest BCUT2D eigenvalue weighted by Gasteiger charge is -2.08. The first-order valence-corrected chi connectivity index (χ1v) is 6.19. The molecule has 0 aliphatic heterocycles. The number of nitrogens with zero attached hydrogens (tertiary/aromatic N) is 1. The molecule has 0 bridgehead atoms. The Kier molecular flexibility index (Phi) is 2.60. The van der Waals surface area contributed by atoms with Crippen molar-refractivity contribution in [2.24, 2.45) is 5.92 Å². The molecule has 64 valence electrons. The lowest BCUT2D eigenvalue weighted by Crippen LogP contribution is -1.85. The summed E-state index contributed by atoms with van der Waals surface area (Å²) in [6, 6.07) is 0. The molecule has 0 heterocycles. The monoisotopic (exact) mass is 179 g/mol. The molecule has 0 aromatic rings. The average Bonchev–Trinajstić information content (AvgIpc) is 2.83. The van der Waals surface area contributed by atoms with Crippen molar-refractivity contribution >= 4 is 13.2 Å². The molecule has 0 amide bonds. The Balaban J connectivity index is 2.79. The van der Waals surface area contributed by atoms with Gasteiger partial charge in [0.25, 0.3) is 0 Å². The Hall–Kier alpha value is -0.730. The molecule has 0 radical (unpaired) electrons. The van der Waals surface area contributed by atoms with Crippen LogP contribution in [0, 0.1) is 17.0 Å². The minimum Gasteiger partial charge on any atom is -0.193 e. The summed E-state index contributed by atoms with van der Waals surface area (Å²) in [6.45, 7) is 4.00. The molecular weight excluding hydrogens is 165 g/mol. The van der Waals surface area contributed by atoms with Gasteiger partial charge in [-0.25, -0.2) is 0 Å². The number of nitriles is 1. The summed E-state index contributed by atoms with van der Waals surface area (Å²) in [7, 11) is 0. The first kappa shape index (κ1) is 9.36. The van der Waals surface area contributed by atoms with E-state index in [1.165, 1.54) is 0 Å². The zero-order valence-corrected chi connectivity index (χ0v) is 8.30. The topological polar surface area (TPSA) is 23.8 Å². The van der Waals surface area contributed by atoms with Gasteiger partial charge in [0.1, 0.15) is 0 Å². The van der Waals surface area contributed by atoms with E-state index in [1.807, 2.05) is 24.9 Å². The van der Waals surface area contributed by atoms with E-state index in [2.05, 4.69) is 18.7 Å². The van der Waals surface area contributed by atoms with Crippen molar-refractivity contribution < 1.29 is 0 Å². The molecule has 1 aliphatic rings. The van der Waals surface area contributed by atoms with Crippen LogP contribution in [0.4, 0.5) is 0 Å². The smallest absolute Gasteiger partial charge is 0.0898 e. The Morgan fingerprint density at radius 3 is 2.67 bits per heavy atom. The molecule has 0 aromatic heterocycles. The van der Waals surface area contributed by atoms with Crippen molar-refractivity contribution in [2.45, 2.75) is 19.0 Å². The second kappa shape index (κ2) is 3.33. The summed E-state index contributed by atoms with van der Waals surface area (Å²) in [5.41, 5.74) is 0.496. The van der Waals surface area contributed by atoms with Gasteiger partial charge in [0, 0.05) is 12.5 Å². The number of allylic oxidation sites excluding steroid dienone is 2. The van der Waals surface area contributed by atoms with E-state index < -0.39 is 6.89 Å². The van der Waals surface area contributed by atoms with Crippen molar-refractivity contribution in [3.63, 3.8) is 0 Å². The lowest BCUT2D eigenvalue weighted by atomic mass is 10.4. The predicted octanol–water partition coefficient (Wildman–Crippen LogP) is 3.03. The van der Waals surface area contributed by atoms with Gasteiger partial charge in [0.15, 0.2) is 0 Å². The SMILES string of the molecule is C=CC1CC1P(=C)(C#N)/C=C\C. The molecule has 1 fully saturated rings. The maximum Gasteiger partial charge on any atom is 0.0898 e. The fraction of sp³-hybridized carbons (Fsp3) is 0.400. The molecule has 0 aromatic carbocycles. The van der Waals surface area contributed by atoms with Crippen LogP contribution in [0.5, 0.6) is 0 Å². The van der Waals surface area contributed by atoms with Crippen LogP contribution in [-0.4, -0.2) is 12.0 Å². The van der Waals surface area contributed by atoms with Gasteiger partial charge in [-0.15, -0.1) is 6.58 Å². The third kappa shape index (κ3) is 1.54. The molecule has 0 N–H and O–H groups in total. The molecule has 12 heavy (non-hydrogen) atoms. The summed E-state index contributed by atoms with van der Waals surface area (Å²) in [4.78, 5) is 0. The molecule has 1 saturated carbocycles. The van der Waals surface area contributed by atoms with E-state index in [-0.39, 0.29) is 0 Å². The van der Waals surface area contributed by atoms with Crippen LogP contribution in [0.2, 0.25) is 0 Å². The molecule has 0 saturated heterocycles. The Labute approximate surface area is 74.4 Å². The highest BCUT2D eigenvalue weighted by molar-refractivity contribution is 7.81. The van der Waals surface area contributed by atoms with E-state index in [0.717, 1.165) is 6.42 Å². The third-order valence-corrected chi connectivity index (χ3v) is 5.28. The second-order valence-electron chi connectivity index (χ2n) is 3.22. The normalized spacial score (nSPS) is 32.3. The first-order valence-electron chi connectivity index (χ1n) is 4.08. The van der Waals surface area contributed by atoms with Gasteiger partial charge in [-0.1, -0.05) is 24.3 Å². The van der Waals surface area contributed by atoms with Crippen LogP contribution in [0.3, 0.4) is 0 Å². The minimum atomic E-state index is -1.68. The number of rotatable bonds is 3. The van der Waals surface area contributed by atoms with Crippen molar-refractivity contribution in [2.75, 3.05) is 0 Å². The highest BCUT2D eigenvalue weighted by Gasteiger charge is 2.42. The lowest BCUT2D eigenvalue weighted by molar-refractivity contribution is 1.13. The maximum absolute atomic E-state index is 8.99. The standard InChI is InChI=1S/C10H14NP/c1-4-6-12(3,8-11)10-7-9(10)5-2/h4-6,9-10H,2-3,7H2,1H3/b6-4-. The quantitative estimate of drug-likeness (QED) is 0.482. The fourth-order valence-corrected chi connectivity index (χ4v) is 3.86. The van der Waals surface area contributed by atoms with Crippen molar-refractivity contribution in [1.82, 2.24) is 0 Å². The van der Waals surface area contributed by atoms with Gasteiger partial charge in [-0.3, -0.25) is 0 Å². The minimum absolute atomic E-state index is 0.496. The highest BCUT2D eigenvalue weighted by atomic mass is 31.2. The van der Waals surface area contributed by atoms with E-state index in [4.69, 9.17) is 5.26 Å². The molecule has 1 nitrogen and oxygen atoms in total. The zero-order valence-electron chi connectivity index (χ0n) is 7.40. The van der Waals surface area contributed by atoms with E-state index in [1.54, 1.807) is 0 Å².